The van der Waals surface area contributed by atoms with Gasteiger partial charge in [0.15, 0.2) is 0 Å². The Morgan fingerprint density at radius 1 is 0.500 bits per heavy atom. The van der Waals surface area contributed by atoms with Gasteiger partial charge in [-0.1, -0.05) is 121 Å². The third-order valence-corrected chi connectivity index (χ3v) is 8.07. The van der Waals surface area contributed by atoms with E-state index in [9.17, 15) is 0 Å². The van der Waals surface area contributed by atoms with Gasteiger partial charge < -0.3 is 0 Å². The summed E-state index contributed by atoms with van der Waals surface area (Å²) in [7, 11) is -0.676. The first-order chi connectivity index (χ1) is 14.8. The number of aryl methyl sites for hydroxylation is 1. The number of hydrogen-bond acceptors (Lipinski definition) is 0. The van der Waals surface area contributed by atoms with Crippen LogP contribution in [0, 0.1) is 6.92 Å². The quantitative estimate of drug-likeness (QED) is 0.298. The van der Waals surface area contributed by atoms with E-state index in [1.54, 1.807) is 0 Å². The topological polar surface area (TPSA) is 0 Å². The Balaban J connectivity index is 1.87. The molecule has 144 valence electrons. The fourth-order valence-electron chi connectivity index (χ4n) is 4.16. The van der Waals surface area contributed by atoms with Gasteiger partial charge in [-0.15, -0.1) is 0 Å². The van der Waals surface area contributed by atoms with Gasteiger partial charge in [0, 0.05) is 0 Å². The predicted molar refractivity (Wildman–Crippen MR) is 133 cm³/mol. The first-order valence-corrected chi connectivity index (χ1v) is 11.6. The smallest absolute Gasteiger partial charge is 0.00191 e. The molecule has 0 atom stereocenters. The molecule has 1 heteroatoms. The van der Waals surface area contributed by atoms with E-state index in [0.29, 0.717) is 0 Å². The Bertz CT molecular complexity index is 1250. The van der Waals surface area contributed by atoms with Crippen LogP contribution in [0.1, 0.15) is 5.56 Å². The summed E-state index contributed by atoms with van der Waals surface area (Å²) in [6.07, 6.45) is 0. The lowest BCUT2D eigenvalue weighted by Crippen LogP contribution is -2.22. The molecule has 0 saturated carbocycles. The molecular formula is C29H23P. The van der Waals surface area contributed by atoms with E-state index < -0.39 is 7.92 Å². The van der Waals surface area contributed by atoms with Crippen molar-refractivity contribution in [1.82, 2.24) is 0 Å². The molecule has 30 heavy (non-hydrogen) atoms. The molecule has 5 rings (SSSR count). The van der Waals surface area contributed by atoms with E-state index in [-0.39, 0.29) is 0 Å². The number of benzene rings is 5. The highest BCUT2D eigenvalue weighted by Gasteiger charge is 2.22. The van der Waals surface area contributed by atoms with Crippen LogP contribution in [0.25, 0.3) is 21.9 Å². The number of hydrogen-bond donors (Lipinski definition) is 0. The second-order valence-corrected chi connectivity index (χ2v) is 9.69. The highest BCUT2D eigenvalue weighted by atomic mass is 31.1. The van der Waals surface area contributed by atoms with Crippen LogP contribution in [0.2, 0.25) is 0 Å². The molecule has 0 bridgehead atoms. The summed E-state index contributed by atoms with van der Waals surface area (Å²) in [4.78, 5) is 0. The molecule has 0 radical (unpaired) electrons. The normalized spacial score (nSPS) is 11.1. The summed E-state index contributed by atoms with van der Waals surface area (Å²) in [6.45, 7) is 2.22. The number of rotatable bonds is 4. The molecule has 0 heterocycles. The monoisotopic (exact) mass is 402 g/mol. The van der Waals surface area contributed by atoms with Crippen molar-refractivity contribution >= 4 is 34.6 Å². The van der Waals surface area contributed by atoms with Crippen molar-refractivity contribution in [3.8, 4) is 11.1 Å². The van der Waals surface area contributed by atoms with Crippen LogP contribution < -0.4 is 15.9 Å². The molecule has 0 amide bonds. The molecule has 0 aliphatic rings. The third kappa shape index (κ3) is 3.45. The zero-order valence-electron chi connectivity index (χ0n) is 17.0. The van der Waals surface area contributed by atoms with Gasteiger partial charge >= 0.3 is 0 Å². The van der Waals surface area contributed by atoms with Crippen LogP contribution in [0.5, 0.6) is 0 Å². The maximum atomic E-state index is 2.36. The molecule has 0 aliphatic carbocycles. The minimum atomic E-state index is -0.676. The Hall–Kier alpha value is -3.21. The second-order valence-electron chi connectivity index (χ2n) is 7.50. The molecule has 0 N–H and O–H groups in total. The first kappa shape index (κ1) is 18.8. The van der Waals surface area contributed by atoms with Crippen molar-refractivity contribution in [2.75, 3.05) is 0 Å². The zero-order valence-corrected chi connectivity index (χ0v) is 17.9. The largest absolute Gasteiger partial charge is 0.0622 e. The van der Waals surface area contributed by atoms with Gasteiger partial charge in [-0.05, 0) is 58.2 Å². The van der Waals surface area contributed by atoms with Gasteiger partial charge in [0.05, 0.1) is 0 Å². The highest BCUT2D eigenvalue weighted by Crippen LogP contribution is 2.40. The summed E-state index contributed by atoms with van der Waals surface area (Å²) in [5.41, 5.74) is 4.00. The standard InChI is InChI=1S/C29H23P/c1-22-12-8-10-18-26(22)29-27-19-11-9-13-23(27)20-21-28(29)30(24-14-4-2-5-15-24)25-16-6-3-7-17-25/h2-21H,1H3. The average Bonchev–Trinajstić information content (AvgIpc) is 2.81. The van der Waals surface area contributed by atoms with Crippen LogP contribution in [-0.2, 0) is 0 Å². The van der Waals surface area contributed by atoms with Gasteiger partial charge in [0.25, 0.3) is 0 Å². The molecule has 5 aromatic rings. The molecule has 0 aromatic heterocycles. The van der Waals surface area contributed by atoms with Crippen molar-refractivity contribution < 1.29 is 0 Å². The van der Waals surface area contributed by atoms with Gasteiger partial charge in [-0.2, -0.15) is 0 Å². The molecule has 0 nitrogen and oxygen atoms in total. The van der Waals surface area contributed by atoms with Crippen LogP contribution >= 0.6 is 7.92 Å². The Morgan fingerprint density at radius 3 is 1.73 bits per heavy atom. The second kappa shape index (κ2) is 8.27. The van der Waals surface area contributed by atoms with Gasteiger partial charge in [-0.3, -0.25) is 0 Å². The van der Waals surface area contributed by atoms with Crippen molar-refractivity contribution in [2.24, 2.45) is 0 Å². The lowest BCUT2D eigenvalue weighted by Gasteiger charge is -2.24. The van der Waals surface area contributed by atoms with Crippen molar-refractivity contribution in [1.29, 1.82) is 0 Å². The summed E-state index contributed by atoms with van der Waals surface area (Å²) >= 11 is 0. The average molecular weight is 402 g/mol. The predicted octanol–water partition coefficient (Wildman–Crippen LogP) is 6.57. The van der Waals surface area contributed by atoms with Gasteiger partial charge in [-0.25, -0.2) is 0 Å². The van der Waals surface area contributed by atoms with Crippen LogP contribution in [0.3, 0.4) is 0 Å². The zero-order chi connectivity index (χ0) is 20.3. The van der Waals surface area contributed by atoms with E-state index in [0.717, 1.165) is 0 Å². The fraction of sp³-hybridized carbons (Fsp3) is 0.0345. The molecule has 0 unspecified atom stereocenters. The first-order valence-electron chi connectivity index (χ1n) is 10.3. The SMILES string of the molecule is Cc1ccccc1-c1c(P(c2ccccc2)c2ccccc2)ccc2ccccc12. The van der Waals surface area contributed by atoms with Crippen molar-refractivity contribution in [2.45, 2.75) is 6.92 Å². The molecule has 0 aliphatic heterocycles. The van der Waals surface area contributed by atoms with E-state index in [4.69, 9.17) is 0 Å². The Morgan fingerprint density at radius 2 is 1.07 bits per heavy atom. The van der Waals surface area contributed by atoms with Crippen molar-refractivity contribution in [3.63, 3.8) is 0 Å². The lowest BCUT2D eigenvalue weighted by atomic mass is 9.95. The molecule has 5 aromatic carbocycles. The summed E-state index contributed by atoms with van der Waals surface area (Å²) < 4.78 is 0. The minimum absolute atomic E-state index is 0.676. The van der Waals surface area contributed by atoms with E-state index in [2.05, 4.69) is 128 Å². The van der Waals surface area contributed by atoms with E-state index in [1.807, 2.05) is 0 Å². The Labute approximate surface area is 179 Å². The van der Waals surface area contributed by atoms with E-state index in [1.165, 1.54) is 43.4 Å². The fourth-order valence-corrected chi connectivity index (χ4v) is 6.65. The van der Waals surface area contributed by atoms with Gasteiger partial charge in [0.1, 0.15) is 0 Å². The van der Waals surface area contributed by atoms with Crippen LogP contribution in [0.15, 0.2) is 121 Å². The van der Waals surface area contributed by atoms with Crippen LogP contribution in [-0.4, -0.2) is 0 Å². The molecular weight excluding hydrogens is 379 g/mol. The maximum Gasteiger partial charge on any atom is -0.00191 e. The summed E-state index contributed by atoms with van der Waals surface area (Å²) in [5, 5.41) is 6.78. The molecule has 0 fully saturated rings. The van der Waals surface area contributed by atoms with Crippen LogP contribution in [0.4, 0.5) is 0 Å². The maximum absolute atomic E-state index is 2.36. The lowest BCUT2D eigenvalue weighted by molar-refractivity contribution is 1.47. The van der Waals surface area contributed by atoms with E-state index >= 15 is 0 Å². The van der Waals surface area contributed by atoms with Crippen molar-refractivity contribution in [3.05, 3.63) is 127 Å². The molecule has 0 saturated heterocycles. The minimum Gasteiger partial charge on any atom is -0.0622 e. The highest BCUT2D eigenvalue weighted by molar-refractivity contribution is 7.80. The number of fused-ring (bicyclic) bond motifs is 1. The molecule has 0 spiro atoms. The summed E-state index contributed by atoms with van der Waals surface area (Å²) in [5.74, 6) is 0. The van der Waals surface area contributed by atoms with Gasteiger partial charge in [0.2, 0.25) is 0 Å². The Kier molecular flexibility index (Phi) is 5.18. The third-order valence-electron chi connectivity index (χ3n) is 5.59. The summed E-state index contributed by atoms with van der Waals surface area (Å²) in [6, 6.07) is 44.1.